The highest BCUT2D eigenvalue weighted by molar-refractivity contribution is 5.53. The lowest BCUT2D eigenvalue weighted by molar-refractivity contribution is 0.558. The summed E-state index contributed by atoms with van der Waals surface area (Å²) in [6.45, 7) is 8.60. The van der Waals surface area contributed by atoms with Crippen molar-refractivity contribution >= 4 is 5.65 Å². The first-order chi connectivity index (χ1) is 10.4. The highest BCUT2D eigenvalue weighted by Gasteiger charge is 2.28. The maximum atomic E-state index is 6.59. The lowest BCUT2D eigenvalue weighted by Crippen LogP contribution is -2.21. The van der Waals surface area contributed by atoms with E-state index in [-0.39, 0.29) is 11.5 Å². The van der Waals surface area contributed by atoms with Crippen LogP contribution in [0.25, 0.3) is 5.65 Å². The molecule has 0 fully saturated rings. The molecular weight excluding hydrogens is 272 g/mol. The lowest BCUT2D eigenvalue weighted by atomic mass is 9.88. The van der Waals surface area contributed by atoms with Gasteiger partial charge in [-0.1, -0.05) is 26.8 Å². The molecule has 2 N–H and O–H groups in total. The Kier molecular flexibility index (Phi) is 3.49. The molecule has 0 bridgehead atoms. The van der Waals surface area contributed by atoms with Crippen LogP contribution in [0.4, 0.5) is 0 Å². The fraction of sp³-hybridized carbons (Fsp3) is 0.333. The summed E-state index contributed by atoms with van der Waals surface area (Å²) < 4.78 is 2.13. The summed E-state index contributed by atoms with van der Waals surface area (Å²) in [5.74, 6) is 0. The normalized spacial score (nSPS) is 13.5. The van der Waals surface area contributed by atoms with E-state index in [1.54, 1.807) is 12.4 Å². The SMILES string of the molecule is Cc1cccn2c(C(N)c3ccncc3)c(C(C)(C)C)nc12. The van der Waals surface area contributed by atoms with Gasteiger partial charge in [0.2, 0.25) is 0 Å². The van der Waals surface area contributed by atoms with Gasteiger partial charge in [0.15, 0.2) is 0 Å². The Morgan fingerprint density at radius 3 is 2.45 bits per heavy atom. The van der Waals surface area contributed by atoms with E-state index in [0.29, 0.717) is 0 Å². The maximum absolute atomic E-state index is 6.59. The fourth-order valence-electron chi connectivity index (χ4n) is 2.80. The van der Waals surface area contributed by atoms with Crippen LogP contribution in [-0.2, 0) is 5.41 Å². The third-order valence-electron chi connectivity index (χ3n) is 3.95. The predicted molar refractivity (Wildman–Crippen MR) is 88.9 cm³/mol. The monoisotopic (exact) mass is 294 g/mol. The molecule has 0 radical (unpaired) electrons. The lowest BCUT2D eigenvalue weighted by Gasteiger charge is -2.21. The Bertz CT molecular complexity index is 797. The molecule has 0 amide bonds. The second-order valence-corrected chi connectivity index (χ2v) is 6.74. The van der Waals surface area contributed by atoms with E-state index < -0.39 is 0 Å². The molecule has 0 aliphatic rings. The standard InChI is InChI=1S/C18H22N4/c1-12-6-5-11-22-15(14(19)13-7-9-20-10-8-13)16(18(2,3)4)21-17(12)22/h5-11,14H,19H2,1-4H3. The van der Waals surface area contributed by atoms with E-state index in [1.807, 2.05) is 24.4 Å². The molecule has 0 saturated carbocycles. The van der Waals surface area contributed by atoms with Crippen LogP contribution in [0.2, 0.25) is 0 Å². The molecule has 3 rings (SSSR count). The minimum Gasteiger partial charge on any atom is -0.319 e. The van der Waals surface area contributed by atoms with Gasteiger partial charge in [-0.25, -0.2) is 4.98 Å². The van der Waals surface area contributed by atoms with Crippen molar-refractivity contribution in [1.29, 1.82) is 0 Å². The molecule has 3 heterocycles. The smallest absolute Gasteiger partial charge is 0.140 e. The first-order valence-corrected chi connectivity index (χ1v) is 7.53. The summed E-state index contributed by atoms with van der Waals surface area (Å²) >= 11 is 0. The van der Waals surface area contributed by atoms with E-state index in [9.17, 15) is 0 Å². The second kappa shape index (κ2) is 5.21. The molecule has 0 aliphatic carbocycles. The van der Waals surface area contributed by atoms with Crippen molar-refractivity contribution in [3.8, 4) is 0 Å². The minimum absolute atomic E-state index is 0.0710. The van der Waals surface area contributed by atoms with Crippen LogP contribution in [0.15, 0.2) is 42.9 Å². The molecule has 4 heteroatoms. The number of aryl methyl sites for hydroxylation is 1. The second-order valence-electron chi connectivity index (χ2n) is 6.74. The number of nitrogens with zero attached hydrogens (tertiary/aromatic N) is 3. The minimum atomic E-state index is -0.228. The summed E-state index contributed by atoms with van der Waals surface area (Å²) in [6.07, 6.45) is 5.60. The van der Waals surface area contributed by atoms with Gasteiger partial charge in [-0.05, 0) is 36.2 Å². The summed E-state index contributed by atoms with van der Waals surface area (Å²) in [6, 6.07) is 7.82. The first-order valence-electron chi connectivity index (χ1n) is 7.53. The van der Waals surface area contributed by atoms with E-state index in [0.717, 1.165) is 28.2 Å². The van der Waals surface area contributed by atoms with Crippen molar-refractivity contribution in [3.63, 3.8) is 0 Å². The summed E-state index contributed by atoms with van der Waals surface area (Å²) in [5.41, 5.74) is 11.8. The van der Waals surface area contributed by atoms with E-state index in [2.05, 4.69) is 43.1 Å². The Morgan fingerprint density at radius 1 is 1.14 bits per heavy atom. The van der Waals surface area contributed by atoms with Gasteiger partial charge in [0.05, 0.1) is 17.4 Å². The number of hydrogen-bond acceptors (Lipinski definition) is 3. The van der Waals surface area contributed by atoms with Crippen LogP contribution in [0, 0.1) is 6.92 Å². The van der Waals surface area contributed by atoms with Crippen LogP contribution in [0.1, 0.15) is 49.3 Å². The van der Waals surface area contributed by atoms with Crippen LogP contribution in [0.5, 0.6) is 0 Å². The van der Waals surface area contributed by atoms with E-state index in [1.165, 1.54) is 0 Å². The highest BCUT2D eigenvalue weighted by atomic mass is 15.0. The van der Waals surface area contributed by atoms with Crippen LogP contribution in [-0.4, -0.2) is 14.4 Å². The molecule has 0 aliphatic heterocycles. The molecule has 0 spiro atoms. The zero-order chi connectivity index (χ0) is 15.9. The number of aromatic nitrogens is 3. The summed E-state index contributed by atoms with van der Waals surface area (Å²) in [7, 11) is 0. The number of hydrogen-bond donors (Lipinski definition) is 1. The molecule has 0 saturated heterocycles. The van der Waals surface area contributed by atoms with Crippen LogP contribution in [0.3, 0.4) is 0 Å². The van der Waals surface area contributed by atoms with E-state index >= 15 is 0 Å². The van der Waals surface area contributed by atoms with Gasteiger partial charge in [-0.2, -0.15) is 0 Å². The average Bonchev–Trinajstić information content (AvgIpc) is 2.88. The van der Waals surface area contributed by atoms with Crippen molar-refractivity contribution < 1.29 is 0 Å². The van der Waals surface area contributed by atoms with Gasteiger partial charge in [0.1, 0.15) is 5.65 Å². The topological polar surface area (TPSA) is 56.2 Å². The third kappa shape index (κ3) is 2.40. The number of nitrogens with two attached hydrogens (primary N) is 1. The predicted octanol–water partition coefficient (Wildman–Crippen LogP) is 3.38. The zero-order valence-corrected chi connectivity index (χ0v) is 13.5. The number of pyridine rings is 2. The number of fused-ring (bicyclic) bond motifs is 1. The van der Waals surface area contributed by atoms with Gasteiger partial charge in [0.25, 0.3) is 0 Å². The third-order valence-corrected chi connectivity index (χ3v) is 3.95. The van der Waals surface area contributed by atoms with Crippen LogP contribution >= 0.6 is 0 Å². The molecular formula is C18H22N4. The zero-order valence-electron chi connectivity index (χ0n) is 13.5. The Hall–Kier alpha value is -2.20. The fourth-order valence-corrected chi connectivity index (χ4v) is 2.80. The van der Waals surface area contributed by atoms with Gasteiger partial charge in [-0.15, -0.1) is 0 Å². The van der Waals surface area contributed by atoms with Crippen molar-refractivity contribution in [2.24, 2.45) is 5.73 Å². The van der Waals surface area contributed by atoms with Crippen molar-refractivity contribution in [2.45, 2.75) is 39.2 Å². The number of imidazole rings is 1. The number of rotatable bonds is 2. The molecule has 4 nitrogen and oxygen atoms in total. The largest absolute Gasteiger partial charge is 0.319 e. The highest BCUT2D eigenvalue weighted by Crippen LogP contribution is 2.32. The molecule has 0 aromatic carbocycles. The Morgan fingerprint density at radius 2 is 1.82 bits per heavy atom. The van der Waals surface area contributed by atoms with Gasteiger partial charge in [0, 0.05) is 24.0 Å². The molecule has 22 heavy (non-hydrogen) atoms. The Balaban J connectivity index is 2.29. The average molecular weight is 294 g/mol. The van der Waals surface area contributed by atoms with Crippen LogP contribution < -0.4 is 5.73 Å². The molecule has 3 aromatic heterocycles. The van der Waals surface area contributed by atoms with Crippen molar-refractivity contribution in [3.05, 3.63) is 65.4 Å². The maximum Gasteiger partial charge on any atom is 0.140 e. The first kappa shape index (κ1) is 14.7. The Labute approximate surface area is 131 Å². The molecule has 1 unspecified atom stereocenters. The molecule has 1 atom stereocenters. The van der Waals surface area contributed by atoms with Gasteiger partial charge >= 0.3 is 0 Å². The van der Waals surface area contributed by atoms with Gasteiger partial charge < -0.3 is 10.1 Å². The molecule has 3 aromatic rings. The summed E-state index contributed by atoms with van der Waals surface area (Å²) in [5, 5.41) is 0. The quantitative estimate of drug-likeness (QED) is 0.788. The van der Waals surface area contributed by atoms with E-state index in [4.69, 9.17) is 10.7 Å². The van der Waals surface area contributed by atoms with Crippen molar-refractivity contribution in [2.75, 3.05) is 0 Å². The van der Waals surface area contributed by atoms with Gasteiger partial charge in [-0.3, -0.25) is 4.98 Å². The summed E-state index contributed by atoms with van der Waals surface area (Å²) in [4.78, 5) is 8.98. The van der Waals surface area contributed by atoms with Crippen molar-refractivity contribution in [1.82, 2.24) is 14.4 Å². The molecule has 114 valence electrons.